The molecule has 1 atom stereocenters. The Labute approximate surface area is 217 Å². The van der Waals surface area contributed by atoms with Crippen molar-refractivity contribution in [2.75, 3.05) is 5.01 Å². The summed E-state index contributed by atoms with van der Waals surface area (Å²) >= 11 is 0. The predicted octanol–water partition coefficient (Wildman–Crippen LogP) is 3.46. The average Bonchev–Trinajstić information content (AvgIpc) is 3.35. The Kier molecular flexibility index (Phi) is 5.41. The minimum atomic E-state index is -0.570. The van der Waals surface area contributed by atoms with Gasteiger partial charge in [0.15, 0.2) is 11.2 Å². The molecule has 6 rings (SSSR count). The summed E-state index contributed by atoms with van der Waals surface area (Å²) in [6.45, 7) is 1.39. The van der Waals surface area contributed by atoms with Crippen LogP contribution >= 0.6 is 0 Å². The maximum absolute atomic E-state index is 13.5. The van der Waals surface area contributed by atoms with Crippen LogP contribution in [0, 0.1) is 0 Å². The van der Waals surface area contributed by atoms with Gasteiger partial charge in [-0.25, -0.2) is 4.79 Å². The highest BCUT2D eigenvalue weighted by Gasteiger charge is 2.37. The first-order valence-electron chi connectivity index (χ1n) is 12.1. The summed E-state index contributed by atoms with van der Waals surface area (Å²) in [7, 11) is 2.99. The van der Waals surface area contributed by atoms with E-state index in [-0.39, 0.29) is 23.0 Å². The van der Waals surface area contributed by atoms with Gasteiger partial charge in [0, 0.05) is 26.6 Å². The van der Waals surface area contributed by atoms with Gasteiger partial charge in [0.05, 0.1) is 5.71 Å². The minimum absolute atomic E-state index is 0.185. The summed E-state index contributed by atoms with van der Waals surface area (Å²) in [5.74, 6) is -0.183. The van der Waals surface area contributed by atoms with Gasteiger partial charge in [-0.15, -0.1) is 0 Å². The highest BCUT2D eigenvalue weighted by molar-refractivity contribution is 6.10. The normalized spacial score (nSPS) is 14.9. The topological polar surface area (TPSA) is 94.5 Å². The second-order valence-electron chi connectivity index (χ2n) is 9.23. The maximum Gasteiger partial charge on any atom is 0.332 e. The monoisotopic (exact) mass is 504 g/mol. The lowest BCUT2D eigenvalue weighted by Crippen LogP contribution is -2.40. The number of aryl methyl sites for hydroxylation is 1. The number of fused-ring (bicyclic) bond motifs is 3. The van der Waals surface area contributed by atoms with Crippen molar-refractivity contribution in [1.82, 2.24) is 18.7 Å². The average molecular weight is 505 g/mol. The maximum atomic E-state index is 13.5. The molecule has 1 aliphatic rings. The highest BCUT2D eigenvalue weighted by atomic mass is 16.2. The molecule has 0 aliphatic carbocycles. The molecular weight excluding hydrogens is 480 g/mol. The fraction of sp³-hybridized carbons (Fsp3) is 0.138. The zero-order valence-electron chi connectivity index (χ0n) is 21.1. The first-order valence-corrected chi connectivity index (χ1v) is 12.1. The molecule has 0 spiro atoms. The smallest absolute Gasteiger partial charge is 0.289 e. The van der Waals surface area contributed by atoms with E-state index in [1.807, 2.05) is 84.9 Å². The van der Waals surface area contributed by atoms with Crippen LogP contribution < -0.4 is 16.3 Å². The second kappa shape index (κ2) is 8.81. The Morgan fingerprint density at radius 3 is 1.97 bits per heavy atom. The van der Waals surface area contributed by atoms with E-state index in [0.717, 1.165) is 26.8 Å². The third kappa shape index (κ3) is 3.51. The van der Waals surface area contributed by atoms with Gasteiger partial charge in [0.2, 0.25) is 11.9 Å². The third-order valence-electron chi connectivity index (χ3n) is 6.89. The molecule has 0 saturated carbocycles. The van der Waals surface area contributed by atoms with Crippen LogP contribution in [0.1, 0.15) is 24.1 Å². The van der Waals surface area contributed by atoms with Gasteiger partial charge in [0.25, 0.3) is 5.56 Å². The molecule has 1 amide bonds. The predicted molar refractivity (Wildman–Crippen MR) is 146 cm³/mol. The van der Waals surface area contributed by atoms with Crippen LogP contribution in [0.3, 0.4) is 0 Å². The van der Waals surface area contributed by atoms with Crippen molar-refractivity contribution in [2.45, 2.75) is 13.0 Å². The lowest BCUT2D eigenvalue weighted by molar-refractivity contribution is -0.116. The molecular formula is C29H24N6O3. The van der Waals surface area contributed by atoms with Crippen LogP contribution in [0.15, 0.2) is 99.6 Å². The number of amides is 1. The molecule has 0 bridgehead atoms. The number of benzene rings is 3. The SMILES string of the molecule is CC(=O)N1N=C(c2ccc(-c3ccccc3)cc2)C(c2ccccc2)n2c1nc1c2c(=O)n(C)c(=O)n1C. The molecule has 9 nitrogen and oxygen atoms in total. The summed E-state index contributed by atoms with van der Waals surface area (Å²) in [4.78, 5) is 43.6. The Balaban J connectivity index is 1.64. The quantitative estimate of drug-likeness (QED) is 0.376. The first kappa shape index (κ1) is 23.4. The molecule has 0 N–H and O–H groups in total. The van der Waals surface area contributed by atoms with E-state index in [1.165, 1.54) is 23.5 Å². The Morgan fingerprint density at radius 1 is 0.763 bits per heavy atom. The van der Waals surface area contributed by atoms with Crippen molar-refractivity contribution in [3.05, 3.63) is 117 Å². The minimum Gasteiger partial charge on any atom is -0.289 e. The van der Waals surface area contributed by atoms with Gasteiger partial charge in [-0.3, -0.25) is 23.3 Å². The first-order chi connectivity index (χ1) is 18.4. The number of imidazole rings is 1. The number of hydrogen-bond donors (Lipinski definition) is 0. The zero-order valence-corrected chi connectivity index (χ0v) is 21.1. The number of hydrogen-bond acceptors (Lipinski definition) is 5. The summed E-state index contributed by atoms with van der Waals surface area (Å²) in [5.41, 5.74) is 3.78. The summed E-state index contributed by atoms with van der Waals surface area (Å²) in [6.07, 6.45) is 0. The van der Waals surface area contributed by atoms with E-state index < -0.39 is 17.3 Å². The van der Waals surface area contributed by atoms with Gasteiger partial charge in [-0.2, -0.15) is 15.1 Å². The Hall–Kier alpha value is -5.05. The number of anilines is 1. The highest BCUT2D eigenvalue weighted by Crippen LogP contribution is 2.36. The van der Waals surface area contributed by atoms with E-state index in [4.69, 9.17) is 5.10 Å². The number of nitrogens with zero attached hydrogens (tertiary/aromatic N) is 6. The molecule has 3 aromatic carbocycles. The molecule has 38 heavy (non-hydrogen) atoms. The van der Waals surface area contributed by atoms with Crippen molar-refractivity contribution in [1.29, 1.82) is 0 Å². The van der Waals surface area contributed by atoms with Crippen LogP contribution in [0.4, 0.5) is 5.95 Å². The van der Waals surface area contributed by atoms with Crippen LogP contribution in [-0.2, 0) is 18.9 Å². The van der Waals surface area contributed by atoms with E-state index in [1.54, 1.807) is 11.6 Å². The molecule has 0 radical (unpaired) electrons. The largest absolute Gasteiger partial charge is 0.332 e. The van der Waals surface area contributed by atoms with Crippen LogP contribution in [0.2, 0.25) is 0 Å². The van der Waals surface area contributed by atoms with Gasteiger partial charge in [-0.05, 0) is 16.7 Å². The number of carbonyl (C=O) groups is 1. The molecule has 188 valence electrons. The lowest BCUT2D eigenvalue weighted by Gasteiger charge is -2.31. The summed E-state index contributed by atoms with van der Waals surface area (Å²) in [6, 6.07) is 27.1. The number of carbonyl (C=O) groups excluding carboxylic acids is 1. The molecule has 9 heteroatoms. The van der Waals surface area contributed by atoms with Gasteiger partial charge < -0.3 is 0 Å². The van der Waals surface area contributed by atoms with E-state index in [9.17, 15) is 14.4 Å². The number of rotatable bonds is 3. The van der Waals surface area contributed by atoms with Crippen LogP contribution in [0.25, 0.3) is 22.3 Å². The zero-order chi connectivity index (χ0) is 26.6. The van der Waals surface area contributed by atoms with Crippen LogP contribution in [-0.4, -0.2) is 30.3 Å². The van der Waals surface area contributed by atoms with Gasteiger partial charge >= 0.3 is 5.69 Å². The molecule has 0 fully saturated rings. The van der Waals surface area contributed by atoms with E-state index in [0.29, 0.717) is 5.71 Å². The van der Waals surface area contributed by atoms with Gasteiger partial charge in [0.1, 0.15) is 6.04 Å². The molecule has 1 aliphatic heterocycles. The number of hydrazone groups is 1. The van der Waals surface area contributed by atoms with E-state index >= 15 is 0 Å². The Bertz CT molecular complexity index is 1850. The molecule has 2 aromatic heterocycles. The van der Waals surface area contributed by atoms with Crippen molar-refractivity contribution in [3.63, 3.8) is 0 Å². The van der Waals surface area contributed by atoms with Crippen molar-refractivity contribution >= 4 is 28.7 Å². The van der Waals surface area contributed by atoms with E-state index in [2.05, 4.69) is 4.98 Å². The second-order valence-corrected chi connectivity index (χ2v) is 9.23. The van der Waals surface area contributed by atoms with Crippen molar-refractivity contribution < 1.29 is 4.79 Å². The molecule has 0 saturated heterocycles. The molecule has 1 unspecified atom stereocenters. The molecule has 3 heterocycles. The fourth-order valence-electron chi connectivity index (χ4n) is 4.96. The third-order valence-corrected chi connectivity index (χ3v) is 6.89. The van der Waals surface area contributed by atoms with Crippen molar-refractivity contribution in [3.8, 4) is 11.1 Å². The van der Waals surface area contributed by atoms with Crippen LogP contribution in [0.5, 0.6) is 0 Å². The lowest BCUT2D eigenvalue weighted by atomic mass is 9.94. The standard InChI is InChI=1S/C29H24N6O3/c1-18(36)35-28-30-26-25(27(37)33(3)29(38)32(26)2)34(28)24(22-12-8-5-9-13-22)23(31-35)21-16-14-20(15-17-21)19-10-6-4-7-11-19/h4-17,24H,1-3H3. The summed E-state index contributed by atoms with van der Waals surface area (Å²) < 4.78 is 4.09. The van der Waals surface area contributed by atoms with Crippen molar-refractivity contribution in [2.24, 2.45) is 19.2 Å². The fourth-order valence-corrected chi connectivity index (χ4v) is 4.96. The van der Waals surface area contributed by atoms with Gasteiger partial charge in [-0.1, -0.05) is 84.9 Å². The molecule has 5 aromatic rings. The Morgan fingerprint density at radius 2 is 1.34 bits per heavy atom. The number of aromatic nitrogens is 4. The summed E-state index contributed by atoms with van der Waals surface area (Å²) in [5, 5.41) is 5.97.